The van der Waals surface area contributed by atoms with Crippen LogP contribution in [-0.4, -0.2) is 16.6 Å². The van der Waals surface area contributed by atoms with E-state index < -0.39 is 0 Å². The summed E-state index contributed by atoms with van der Waals surface area (Å²) >= 11 is 1.53. The van der Waals surface area contributed by atoms with Gasteiger partial charge in [0.2, 0.25) is 5.91 Å². The monoisotopic (exact) mass is 308 g/mol. The van der Waals surface area contributed by atoms with Crippen molar-refractivity contribution in [2.45, 2.75) is 11.8 Å². The first-order chi connectivity index (χ1) is 10.7. The Kier molecular flexibility index (Phi) is 4.39. The molecule has 0 aliphatic rings. The summed E-state index contributed by atoms with van der Waals surface area (Å²) in [7, 11) is 0. The van der Waals surface area contributed by atoms with Crippen LogP contribution in [0.2, 0.25) is 0 Å². The minimum absolute atomic E-state index is 0.0451. The van der Waals surface area contributed by atoms with E-state index in [1.807, 2.05) is 37.3 Å². The lowest BCUT2D eigenvalue weighted by Gasteiger charge is -2.06. The zero-order valence-corrected chi connectivity index (χ0v) is 13.1. The van der Waals surface area contributed by atoms with E-state index >= 15 is 0 Å². The number of hydrogen-bond donors (Lipinski definition) is 1. The van der Waals surface area contributed by atoms with Gasteiger partial charge >= 0.3 is 0 Å². The van der Waals surface area contributed by atoms with Gasteiger partial charge < -0.3 is 5.32 Å². The maximum atomic E-state index is 12.0. The molecule has 0 saturated heterocycles. The smallest absolute Gasteiger partial charge is 0.235 e. The predicted octanol–water partition coefficient (Wildman–Crippen LogP) is 4.27. The highest BCUT2D eigenvalue weighted by Crippen LogP contribution is 2.23. The number of fused-ring (bicyclic) bond motifs is 1. The van der Waals surface area contributed by atoms with Gasteiger partial charge in [0, 0.05) is 10.6 Å². The van der Waals surface area contributed by atoms with Crippen LogP contribution < -0.4 is 5.32 Å². The number of aromatic nitrogens is 1. The molecule has 0 radical (unpaired) electrons. The van der Waals surface area contributed by atoms with Gasteiger partial charge in [-0.3, -0.25) is 4.79 Å². The number of benzene rings is 2. The molecule has 3 rings (SSSR count). The Morgan fingerprint density at radius 2 is 1.86 bits per heavy atom. The molecule has 1 amide bonds. The van der Waals surface area contributed by atoms with Crippen molar-refractivity contribution in [3.63, 3.8) is 0 Å². The van der Waals surface area contributed by atoms with Gasteiger partial charge in [-0.05, 0) is 42.0 Å². The first-order valence-electron chi connectivity index (χ1n) is 7.06. The first-order valence-corrected chi connectivity index (χ1v) is 8.04. The van der Waals surface area contributed by atoms with Gasteiger partial charge in [-0.15, -0.1) is 11.8 Å². The highest BCUT2D eigenvalue weighted by atomic mass is 32.2. The number of aryl methyl sites for hydroxylation is 1. The summed E-state index contributed by atoms with van der Waals surface area (Å²) in [4.78, 5) is 17.3. The van der Waals surface area contributed by atoms with Crippen LogP contribution in [0.3, 0.4) is 0 Å². The fourth-order valence-electron chi connectivity index (χ4n) is 2.20. The topological polar surface area (TPSA) is 42.0 Å². The molecular formula is C18H16N2OS. The molecule has 0 spiro atoms. The van der Waals surface area contributed by atoms with E-state index in [9.17, 15) is 4.79 Å². The second-order valence-corrected chi connectivity index (χ2v) is 6.06. The van der Waals surface area contributed by atoms with Crippen LogP contribution in [0, 0.1) is 6.92 Å². The Bertz CT molecular complexity index is 817. The summed E-state index contributed by atoms with van der Waals surface area (Å²) in [5, 5.41) is 5.22. The van der Waals surface area contributed by atoms with Gasteiger partial charge in [-0.1, -0.05) is 36.4 Å². The van der Waals surface area contributed by atoms with Crippen LogP contribution in [0.25, 0.3) is 10.8 Å². The molecule has 1 N–H and O–H groups in total. The summed E-state index contributed by atoms with van der Waals surface area (Å²) in [5.74, 6) is 0.925. The third-order valence-electron chi connectivity index (χ3n) is 3.25. The minimum Gasteiger partial charge on any atom is -0.310 e. The highest BCUT2D eigenvalue weighted by Gasteiger charge is 2.05. The second kappa shape index (κ2) is 6.62. The number of hydrogen-bond acceptors (Lipinski definition) is 3. The molecule has 0 aliphatic carbocycles. The largest absolute Gasteiger partial charge is 0.310 e. The van der Waals surface area contributed by atoms with Crippen molar-refractivity contribution in [1.82, 2.24) is 4.98 Å². The van der Waals surface area contributed by atoms with Gasteiger partial charge in [0.05, 0.1) is 5.75 Å². The molecule has 0 unspecified atom stereocenters. The molecule has 2 aromatic carbocycles. The molecular weight excluding hydrogens is 292 g/mol. The van der Waals surface area contributed by atoms with Crippen molar-refractivity contribution in [3.05, 3.63) is 66.4 Å². The maximum Gasteiger partial charge on any atom is 0.235 e. The summed E-state index contributed by atoms with van der Waals surface area (Å²) in [5.41, 5.74) is 0.889. The standard InChI is InChI=1S/C18H16N2OS/c1-13-5-4-8-17(19-13)20-18(21)12-22-16-10-9-14-6-2-3-7-15(14)11-16/h2-11H,12H2,1H3,(H,19,20,21). The second-order valence-electron chi connectivity index (χ2n) is 5.01. The first kappa shape index (κ1) is 14.6. The number of rotatable bonds is 4. The van der Waals surface area contributed by atoms with Gasteiger partial charge in [-0.2, -0.15) is 0 Å². The molecule has 3 nitrogen and oxygen atoms in total. The molecule has 0 bridgehead atoms. The molecule has 1 heterocycles. The molecule has 4 heteroatoms. The minimum atomic E-state index is -0.0451. The van der Waals surface area contributed by atoms with E-state index in [1.54, 1.807) is 6.07 Å². The van der Waals surface area contributed by atoms with Gasteiger partial charge in [0.1, 0.15) is 5.82 Å². The van der Waals surface area contributed by atoms with Crippen LogP contribution >= 0.6 is 11.8 Å². The van der Waals surface area contributed by atoms with Crippen LogP contribution in [-0.2, 0) is 4.79 Å². The molecule has 1 aromatic heterocycles. The Balaban J connectivity index is 1.62. The van der Waals surface area contributed by atoms with Crippen LogP contribution in [0.1, 0.15) is 5.69 Å². The zero-order valence-electron chi connectivity index (χ0n) is 12.2. The third kappa shape index (κ3) is 3.65. The molecule has 110 valence electrons. The maximum absolute atomic E-state index is 12.0. The number of nitrogens with one attached hydrogen (secondary N) is 1. The highest BCUT2D eigenvalue weighted by molar-refractivity contribution is 8.00. The Morgan fingerprint density at radius 3 is 2.68 bits per heavy atom. The van der Waals surface area contributed by atoms with Crippen molar-refractivity contribution < 1.29 is 4.79 Å². The third-order valence-corrected chi connectivity index (χ3v) is 4.24. The average molecular weight is 308 g/mol. The fourth-order valence-corrected chi connectivity index (χ4v) is 2.94. The summed E-state index contributed by atoms with van der Waals surface area (Å²) in [6.45, 7) is 1.90. The Hall–Kier alpha value is -2.33. The quantitative estimate of drug-likeness (QED) is 0.732. The van der Waals surface area contributed by atoms with Crippen LogP contribution in [0.5, 0.6) is 0 Å². The summed E-state index contributed by atoms with van der Waals surface area (Å²) in [6, 6.07) is 20.0. The lowest BCUT2D eigenvalue weighted by atomic mass is 10.1. The SMILES string of the molecule is Cc1cccc(NC(=O)CSc2ccc3ccccc3c2)n1. The number of carbonyl (C=O) groups excluding carboxylic acids is 1. The number of nitrogens with zero attached hydrogens (tertiary/aromatic N) is 1. The zero-order chi connectivity index (χ0) is 15.4. The molecule has 0 aliphatic heterocycles. The lowest BCUT2D eigenvalue weighted by Crippen LogP contribution is -2.15. The van der Waals surface area contributed by atoms with E-state index in [4.69, 9.17) is 0 Å². The van der Waals surface area contributed by atoms with E-state index in [0.29, 0.717) is 11.6 Å². The van der Waals surface area contributed by atoms with Crippen molar-refractivity contribution in [1.29, 1.82) is 0 Å². The van der Waals surface area contributed by atoms with Gasteiger partial charge in [-0.25, -0.2) is 4.98 Å². The van der Waals surface area contributed by atoms with Crippen molar-refractivity contribution in [2.24, 2.45) is 0 Å². The number of carbonyl (C=O) groups is 1. The van der Waals surface area contributed by atoms with E-state index in [2.05, 4.69) is 34.6 Å². The Labute approximate surface area is 133 Å². The number of anilines is 1. The van der Waals surface area contributed by atoms with E-state index in [0.717, 1.165) is 10.6 Å². The van der Waals surface area contributed by atoms with E-state index in [1.165, 1.54) is 22.5 Å². The average Bonchev–Trinajstić information content (AvgIpc) is 2.53. The Morgan fingerprint density at radius 1 is 1.05 bits per heavy atom. The van der Waals surface area contributed by atoms with E-state index in [-0.39, 0.29) is 5.91 Å². The van der Waals surface area contributed by atoms with Crippen molar-refractivity contribution in [3.8, 4) is 0 Å². The normalized spacial score (nSPS) is 10.6. The molecule has 0 fully saturated rings. The molecule has 0 atom stereocenters. The molecule has 0 saturated carbocycles. The number of thioether (sulfide) groups is 1. The fraction of sp³-hybridized carbons (Fsp3) is 0.111. The van der Waals surface area contributed by atoms with Crippen LogP contribution in [0.4, 0.5) is 5.82 Å². The number of pyridine rings is 1. The summed E-state index contributed by atoms with van der Waals surface area (Å²) < 4.78 is 0. The van der Waals surface area contributed by atoms with Crippen molar-refractivity contribution in [2.75, 3.05) is 11.1 Å². The predicted molar refractivity (Wildman–Crippen MR) is 92.3 cm³/mol. The van der Waals surface area contributed by atoms with Gasteiger partial charge in [0.25, 0.3) is 0 Å². The van der Waals surface area contributed by atoms with Crippen LogP contribution in [0.15, 0.2) is 65.6 Å². The lowest BCUT2D eigenvalue weighted by molar-refractivity contribution is -0.113. The molecule has 22 heavy (non-hydrogen) atoms. The molecule has 3 aromatic rings. The summed E-state index contributed by atoms with van der Waals surface area (Å²) in [6.07, 6.45) is 0. The van der Waals surface area contributed by atoms with Crippen molar-refractivity contribution >= 4 is 34.3 Å². The van der Waals surface area contributed by atoms with Gasteiger partial charge in [0.15, 0.2) is 0 Å². The number of amides is 1.